The van der Waals surface area contributed by atoms with Gasteiger partial charge in [0.1, 0.15) is 23.6 Å². The zero-order valence-corrected chi connectivity index (χ0v) is 33.3. The van der Waals surface area contributed by atoms with Crippen molar-refractivity contribution in [2.45, 2.75) is 101 Å². The molecule has 4 aliphatic heterocycles. The molecule has 61 heavy (non-hydrogen) atoms. The average molecular weight is 845 g/mol. The lowest BCUT2D eigenvalue weighted by atomic mass is 9.85. The molecule has 1 aromatic carbocycles. The van der Waals surface area contributed by atoms with Crippen molar-refractivity contribution >= 4 is 52.4 Å². The number of nitrogens with one attached hydrogen (secondary N) is 3. The standard InChI is InChI=1S/C41H47F3N12O5/c42-24-15-25(45)20-53(19-24)33-11-14-55-37(49-33)30(17-46-55)39(59)48-31-21-56(51-35(31)36(43)44)27-4-1-22(2-5-27)38(58)47-26-9-12-52(13-10-26)28-6-3-23-18-54(41(61)29(23)16-28)32-7-8-34(57)50-40(32)60/h3,6,11,14,16-17,21-22,24-27,32,36H,1-2,4-5,7-10,12-13,15,18-20,45H2,(H,47,58)(H,48,59)(H,50,57,60)/t22?,24-,25-,27?,32?/m1/s1. The molecule has 4 aromatic rings. The Morgan fingerprint density at radius 1 is 0.967 bits per heavy atom. The minimum Gasteiger partial charge on any atom is -0.371 e. The van der Waals surface area contributed by atoms with Crippen molar-refractivity contribution < 1.29 is 37.1 Å². The van der Waals surface area contributed by atoms with Gasteiger partial charge >= 0.3 is 0 Å². The molecule has 1 saturated carbocycles. The second-order valence-corrected chi connectivity index (χ2v) is 16.8. The van der Waals surface area contributed by atoms with Crippen LogP contribution in [0.3, 0.4) is 0 Å². The van der Waals surface area contributed by atoms with Gasteiger partial charge in [-0.1, -0.05) is 6.07 Å². The molecule has 5 N–H and O–H groups in total. The maximum absolute atomic E-state index is 14.3. The van der Waals surface area contributed by atoms with Crippen LogP contribution < -0.4 is 31.5 Å². The number of fused-ring (bicyclic) bond motifs is 2. The molecule has 5 amide bonds. The number of benzene rings is 1. The molecule has 5 aliphatic rings. The first kappa shape index (κ1) is 40.4. The van der Waals surface area contributed by atoms with E-state index in [-0.39, 0.29) is 78.0 Å². The molecule has 7 heterocycles. The molecule has 3 aromatic heterocycles. The van der Waals surface area contributed by atoms with E-state index < -0.39 is 36.1 Å². The van der Waals surface area contributed by atoms with Gasteiger partial charge in [-0.3, -0.25) is 34.0 Å². The predicted molar refractivity (Wildman–Crippen MR) is 215 cm³/mol. The summed E-state index contributed by atoms with van der Waals surface area (Å²) in [5, 5.41) is 16.5. The number of imide groups is 1. The number of halogens is 3. The fourth-order valence-electron chi connectivity index (χ4n) is 9.44. The van der Waals surface area contributed by atoms with Gasteiger partial charge in [0.2, 0.25) is 17.7 Å². The Bertz CT molecular complexity index is 2360. The molecule has 4 fully saturated rings. The summed E-state index contributed by atoms with van der Waals surface area (Å²) in [6.45, 7) is 2.17. The van der Waals surface area contributed by atoms with Gasteiger partial charge in [-0.2, -0.15) is 10.2 Å². The number of amides is 5. The monoisotopic (exact) mass is 844 g/mol. The Morgan fingerprint density at radius 3 is 2.49 bits per heavy atom. The summed E-state index contributed by atoms with van der Waals surface area (Å²) in [4.78, 5) is 74.3. The van der Waals surface area contributed by atoms with Crippen LogP contribution >= 0.6 is 0 Å². The van der Waals surface area contributed by atoms with Crippen molar-refractivity contribution in [1.29, 1.82) is 0 Å². The number of piperidine rings is 3. The summed E-state index contributed by atoms with van der Waals surface area (Å²) in [6, 6.07) is 6.11. The van der Waals surface area contributed by atoms with Gasteiger partial charge in [0.15, 0.2) is 11.3 Å². The number of aromatic nitrogens is 5. The summed E-state index contributed by atoms with van der Waals surface area (Å²) in [5.41, 5.74) is 7.84. The van der Waals surface area contributed by atoms with Crippen molar-refractivity contribution in [2.24, 2.45) is 11.7 Å². The van der Waals surface area contributed by atoms with E-state index in [9.17, 15) is 37.1 Å². The first-order valence-corrected chi connectivity index (χ1v) is 20.9. The molecule has 0 radical (unpaired) electrons. The number of alkyl halides is 3. The Balaban J connectivity index is 0.771. The molecule has 322 valence electrons. The highest BCUT2D eigenvalue weighted by atomic mass is 19.3. The van der Waals surface area contributed by atoms with Crippen LogP contribution in [0, 0.1) is 5.92 Å². The van der Waals surface area contributed by atoms with Crippen LogP contribution in [0.2, 0.25) is 0 Å². The van der Waals surface area contributed by atoms with Crippen LogP contribution in [0.4, 0.5) is 30.4 Å². The minimum atomic E-state index is -2.96. The van der Waals surface area contributed by atoms with E-state index in [4.69, 9.17) is 5.73 Å². The highest BCUT2D eigenvalue weighted by Gasteiger charge is 2.40. The lowest BCUT2D eigenvalue weighted by molar-refractivity contribution is -0.137. The molecule has 3 saturated heterocycles. The number of carbonyl (C=O) groups is 5. The number of nitrogens with two attached hydrogens (primary N) is 1. The summed E-state index contributed by atoms with van der Waals surface area (Å²) >= 11 is 0. The van der Waals surface area contributed by atoms with Crippen LogP contribution in [0.5, 0.6) is 0 Å². The molecule has 17 nitrogen and oxygen atoms in total. The number of hydrogen-bond donors (Lipinski definition) is 4. The first-order chi connectivity index (χ1) is 29.4. The van der Waals surface area contributed by atoms with Gasteiger partial charge in [0.25, 0.3) is 18.2 Å². The van der Waals surface area contributed by atoms with Gasteiger partial charge < -0.3 is 31.1 Å². The molecular weight excluding hydrogens is 798 g/mol. The molecule has 0 spiro atoms. The van der Waals surface area contributed by atoms with E-state index in [0.717, 1.165) is 11.3 Å². The van der Waals surface area contributed by atoms with Crippen molar-refractivity contribution in [1.82, 2.24) is 39.9 Å². The Hall–Kier alpha value is -6.05. The maximum atomic E-state index is 14.3. The normalized spacial score (nSPS) is 25.0. The summed E-state index contributed by atoms with van der Waals surface area (Å²) in [5.74, 6) is -1.54. The molecule has 1 unspecified atom stereocenters. The van der Waals surface area contributed by atoms with E-state index >= 15 is 0 Å². The highest BCUT2D eigenvalue weighted by molar-refractivity contribution is 6.08. The molecule has 0 bridgehead atoms. The van der Waals surface area contributed by atoms with E-state index in [1.54, 1.807) is 17.2 Å². The third-order valence-corrected chi connectivity index (χ3v) is 12.7. The van der Waals surface area contributed by atoms with E-state index in [0.29, 0.717) is 82.5 Å². The van der Waals surface area contributed by atoms with Gasteiger partial charge in [-0.15, -0.1) is 0 Å². The zero-order valence-electron chi connectivity index (χ0n) is 33.3. The summed E-state index contributed by atoms with van der Waals surface area (Å²) in [7, 11) is 0. The molecule has 20 heteroatoms. The van der Waals surface area contributed by atoms with Gasteiger partial charge in [-0.25, -0.2) is 22.7 Å². The number of carbonyl (C=O) groups excluding carboxylic acids is 5. The van der Waals surface area contributed by atoms with Gasteiger partial charge in [0.05, 0.1) is 24.5 Å². The molecular formula is C41H47F3N12O5. The maximum Gasteiger partial charge on any atom is 0.284 e. The van der Waals surface area contributed by atoms with E-state index in [2.05, 4.69) is 36.0 Å². The second kappa shape index (κ2) is 16.4. The number of nitrogens with zero attached hydrogens (tertiary/aromatic N) is 8. The van der Waals surface area contributed by atoms with Crippen LogP contribution in [0.25, 0.3) is 5.65 Å². The van der Waals surface area contributed by atoms with Crippen molar-refractivity contribution in [3.05, 3.63) is 65.2 Å². The third kappa shape index (κ3) is 8.11. The van der Waals surface area contributed by atoms with Crippen molar-refractivity contribution in [3.8, 4) is 0 Å². The minimum absolute atomic E-state index is 0.0214. The topological polar surface area (TPSA) is 205 Å². The van der Waals surface area contributed by atoms with Crippen LogP contribution in [0.15, 0.2) is 42.9 Å². The lowest BCUT2D eigenvalue weighted by Crippen LogP contribution is -2.52. The number of hydrogen-bond acceptors (Lipinski definition) is 11. The van der Waals surface area contributed by atoms with Crippen molar-refractivity contribution in [2.75, 3.05) is 41.3 Å². The quantitative estimate of drug-likeness (QED) is 0.180. The zero-order chi connectivity index (χ0) is 42.5. The fraction of sp³-hybridized carbons (Fsp3) is 0.512. The summed E-state index contributed by atoms with van der Waals surface area (Å²) in [6.07, 6.45) is 4.55. The van der Waals surface area contributed by atoms with Gasteiger partial charge in [-0.05, 0) is 75.1 Å². The van der Waals surface area contributed by atoms with Crippen LogP contribution in [-0.2, 0) is 20.9 Å². The van der Waals surface area contributed by atoms with Gasteiger partial charge in [0, 0.05) is 74.2 Å². The SMILES string of the molecule is N[C@@H]1C[C@@H](F)CN(c2ccn3ncc(C(=O)Nc4cn(C5CCC(C(=O)NC6CCN(c7ccc8c(c7)C(=O)N(C7CCC(=O)NC7=O)C8)CC6)CC5)nc4C(F)F)c3n2)C1. The lowest BCUT2D eigenvalue weighted by Gasteiger charge is -2.35. The Labute approximate surface area is 348 Å². The van der Waals surface area contributed by atoms with Crippen molar-refractivity contribution in [3.63, 3.8) is 0 Å². The molecule has 1 aliphatic carbocycles. The summed E-state index contributed by atoms with van der Waals surface area (Å²) < 4.78 is 45.6. The van der Waals surface area contributed by atoms with E-state index in [1.165, 1.54) is 26.5 Å². The predicted octanol–water partition coefficient (Wildman–Crippen LogP) is 3.27. The highest BCUT2D eigenvalue weighted by Crippen LogP contribution is 2.36. The van der Waals surface area contributed by atoms with E-state index in [1.807, 2.05) is 18.2 Å². The Morgan fingerprint density at radius 2 is 1.75 bits per heavy atom. The fourth-order valence-corrected chi connectivity index (χ4v) is 9.44. The first-order valence-electron chi connectivity index (χ1n) is 20.9. The second-order valence-electron chi connectivity index (χ2n) is 16.8. The molecule has 9 rings (SSSR count). The Kier molecular flexibility index (Phi) is 10.9. The smallest absolute Gasteiger partial charge is 0.284 e. The number of anilines is 3. The van der Waals surface area contributed by atoms with Crippen LogP contribution in [0.1, 0.15) is 102 Å². The van der Waals surface area contributed by atoms with Crippen LogP contribution in [-0.4, -0.2) is 109 Å². The molecule has 3 atom stereocenters. The number of rotatable bonds is 9. The third-order valence-electron chi connectivity index (χ3n) is 12.7. The largest absolute Gasteiger partial charge is 0.371 e. The average Bonchev–Trinajstić information content (AvgIpc) is 3.96.